The summed E-state index contributed by atoms with van der Waals surface area (Å²) < 4.78 is 1.13. The Balaban J connectivity index is 2.03. The predicted octanol–water partition coefficient (Wildman–Crippen LogP) is 3.12. The van der Waals surface area contributed by atoms with Crippen LogP contribution in [0.2, 0.25) is 0 Å². The summed E-state index contributed by atoms with van der Waals surface area (Å²) >= 11 is 1.62. The van der Waals surface area contributed by atoms with E-state index >= 15 is 0 Å². The van der Waals surface area contributed by atoms with Crippen LogP contribution < -0.4 is 0 Å². The standard InChI is InChI=1S/C13H13NO2S/c1-13(2)9(10(13)12(15)16)11-14-7-5-3-4-6-8(7)17-11/h3-6,9-10H,1-2H3,(H,15,16)/t9-,10-/m0/s1. The van der Waals surface area contributed by atoms with Crippen molar-refractivity contribution >= 4 is 27.5 Å². The van der Waals surface area contributed by atoms with Crippen molar-refractivity contribution in [1.29, 1.82) is 0 Å². The molecule has 0 spiro atoms. The van der Waals surface area contributed by atoms with E-state index in [9.17, 15) is 9.90 Å². The molecule has 0 saturated heterocycles. The summed E-state index contributed by atoms with van der Waals surface area (Å²) in [6.07, 6.45) is 0. The van der Waals surface area contributed by atoms with Crippen molar-refractivity contribution in [3.63, 3.8) is 0 Å². The molecule has 1 aliphatic carbocycles. The molecule has 3 rings (SSSR count). The Morgan fingerprint density at radius 3 is 2.71 bits per heavy atom. The molecule has 1 aromatic heterocycles. The van der Waals surface area contributed by atoms with Gasteiger partial charge in [0, 0.05) is 5.92 Å². The molecule has 3 nitrogen and oxygen atoms in total. The van der Waals surface area contributed by atoms with Crippen molar-refractivity contribution in [1.82, 2.24) is 4.98 Å². The lowest BCUT2D eigenvalue weighted by molar-refractivity contribution is -0.139. The maximum absolute atomic E-state index is 11.2. The summed E-state index contributed by atoms with van der Waals surface area (Å²) in [7, 11) is 0. The molecule has 0 bridgehead atoms. The zero-order valence-electron chi connectivity index (χ0n) is 9.68. The highest BCUT2D eigenvalue weighted by molar-refractivity contribution is 7.18. The fraction of sp³-hybridized carbons (Fsp3) is 0.385. The molecule has 2 atom stereocenters. The Morgan fingerprint density at radius 1 is 1.41 bits per heavy atom. The first-order valence-electron chi connectivity index (χ1n) is 5.60. The van der Waals surface area contributed by atoms with Gasteiger partial charge in [0.05, 0.1) is 21.1 Å². The number of aliphatic carboxylic acids is 1. The lowest BCUT2D eigenvalue weighted by atomic mass is 10.1. The third-order valence-corrected chi connectivity index (χ3v) is 4.79. The number of hydrogen-bond acceptors (Lipinski definition) is 3. The number of aromatic nitrogens is 1. The largest absolute Gasteiger partial charge is 0.481 e. The van der Waals surface area contributed by atoms with Crippen LogP contribution in [0.3, 0.4) is 0 Å². The second kappa shape index (κ2) is 3.29. The van der Waals surface area contributed by atoms with Crippen LogP contribution in [0.15, 0.2) is 24.3 Å². The molecule has 1 heterocycles. The van der Waals surface area contributed by atoms with Crippen LogP contribution in [-0.2, 0) is 4.79 Å². The number of fused-ring (bicyclic) bond motifs is 1. The monoisotopic (exact) mass is 247 g/mol. The topological polar surface area (TPSA) is 50.2 Å². The molecular formula is C13H13NO2S. The van der Waals surface area contributed by atoms with Crippen molar-refractivity contribution in [3.8, 4) is 0 Å². The zero-order chi connectivity index (χ0) is 12.2. The molecule has 0 unspecified atom stereocenters. The van der Waals surface area contributed by atoms with E-state index in [0.717, 1.165) is 15.2 Å². The summed E-state index contributed by atoms with van der Waals surface area (Å²) in [5.74, 6) is -0.931. The number of carbonyl (C=O) groups is 1. The Hall–Kier alpha value is -1.42. The van der Waals surface area contributed by atoms with Gasteiger partial charge in [0.1, 0.15) is 0 Å². The van der Waals surface area contributed by atoms with Gasteiger partial charge in [-0.25, -0.2) is 4.98 Å². The molecule has 4 heteroatoms. The molecule has 0 radical (unpaired) electrons. The molecule has 1 N–H and O–H groups in total. The molecule has 17 heavy (non-hydrogen) atoms. The van der Waals surface area contributed by atoms with E-state index in [-0.39, 0.29) is 17.3 Å². The molecule has 2 aromatic rings. The third-order valence-electron chi connectivity index (χ3n) is 3.67. The Labute approximate surface area is 103 Å². The number of rotatable bonds is 2. The van der Waals surface area contributed by atoms with Crippen LogP contribution in [0.5, 0.6) is 0 Å². The highest BCUT2D eigenvalue weighted by Gasteiger charge is 2.64. The molecule has 1 saturated carbocycles. The number of thiazole rings is 1. The molecule has 0 amide bonds. The zero-order valence-corrected chi connectivity index (χ0v) is 10.5. The average molecular weight is 247 g/mol. The fourth-order valence-electron chi connectivity index (χ4n) is 2.58. The molecule has 1 fully saturated rings. The molecule has 1 aliphatic rings. The minimum atomic E-state index is -0.709. The van der Waals surface area contributed by atoms with Crippen molar-refractivity contribution in [2.75, 3.05) is 0 Å². The molecular weight excluding hydrogens is 234 g/mol. The van der Waals surface area contributed by atoms with E-state index in [2.05, 4.69) is 4.98 Å². The molecule has 0 aliphatic heterocycles. The van der Waals surface area contributed by atoms with Gasteiger partial charge in [-0.1, -0.05) is 26.0 Å². The Kier molecular flexibility index (Phi) is 2.08. The third kappa shape index (κ3) is 1.47. The summed E-state index contributed by atoms with van der Waals surface area (Å²) in [6, 6.07) is 7.94. The lowest BCUT2D eigenvalue weighted by Crippen LogP contribution is -2.03. The van der Waals surface area contributed by atoms with Gasteiger partial charge in [-0.15, -0.1) is 11.3 Å². The number of nitrogens with zero attached hydrogens (tertiary/aromatic N) is 1. The number of carboxylic acid groups (broad SMARTS) is 1. The van der Waals surface area contributed by atoms with Crippen LogP contribution in [0.4, 0.5) is 0 Å². The normalized spacial score (nSPS) is 26.0. The minimum Gasteiger partial charge on any atom is -0.481 e. The van der Waals surface area contributed by atoms with E-state index in [0.29, 0.717) is 0 Å². The number of para-hydroxylation sites is 1. The quantitative estimate of drug-likeness (QED) is 0.887. The average Bonchev–Trinajstić information content (AvgIpc) is 2.68. The van der Waals surface area contributed by atoms with E-state index in [4.69, 9.17) is 0 Å². The minimum absolute atomic E-state index is 0.0670. The van der Waals surface area contributed by atoms with Crippen LogP contribution in [0, 0.1) is 11.3 Å². The van der Waals surface area contributed by atoms with Gasteiger partial charge in [0.25, 0.3) is 0 Å². The Bertz CT molecular complexity index is 569. The van der Waals surface area contributed by atoms with Crippen molar-refractivity contribution in [2.24, 2.45) is 11.3 Å². The highest BCUT2D eigenvalue weighted by atomic mass is 32.1. The predicted molar refractivity (Wildman–Crippen MR) is 67.3 cm³/mol. The van der Waals surface area contributed by atoms with E-state index in [1.165, 1.54) is 0 Å². The van der Waals surface area contributed by atoms with Gasteiger partial charge in [-0.2, -0.15) is 0 Å². The lowest BCUT2D eigenvalue weighted by Gasteiger charge is -1.97. The van der Waals surface area contributed by atoms with Crippen molar-refractivity contribution in [3.05, 3.63) is 29.3 Å². The van der Waals surface area contributed by atoms with Gasteiger partial charge < -0.3 is 5.11 Å². The van der Waals surface area contributed by atoms with Crippen molar-refractivity contribution < 1.29 is 9.90 Å². The van der Waals surface area contributed by atoms with Gasteiger partial charge in [0.2, 0.25) is 0 Å². The maximum atomic E-state index is 11.2. The van der Waals surface area contributed by atoms with Crippen molar-refractivity contribution in [2.45, 2.75) is 19.8 Å². The van der Waals surface area contributed by atoms with Crippen LogP contribution in [0.1, 0.15) is 24.8 Å². The van der Waals surface area contributed by atoms with Crippen LogP contribution in [-0.4, -0.2) is 16.1 Å². The second-order valence-electron chi connectivity index (χ2n) is 5.13. The number of benzene rings is 1. The van der Waals surface area contributed by atoms with E-state index in [1.54, 1.807) is 11.3 Å². The number of carboxylic acids is 1. The second-order valence-corrected chi connectivity index (χ2v) is 6.20. The van der Waals surface area contributed by atoms with E-state index in [1.807, 2.05) is 38.1 Å². The fourth-order valence-corrected chi connectivity index (χ4v) is 3.88. The SMILES string of the molecule is CC1(C)[C@H](C(=O)O)[C@H]1c1nc2ccccc2s1. The van der Waals surface area contributed by atoms with Crippen LogP contribution >= 0.6 is 11.3 Å². The first kappa shape index (κ1) is 10.7. The summed E-state index contributed by atoms with van der Waals surface area (Å²) in [5.41, 5.74) is 0.805. The molecule has 88 valence electrons. The van der Waals surface area contributed by atoms with Gasteiger partial charge in [0.15, 0.2) is 0 Å². The van der Waals surface area contributed by atoms with E-state index < -0.39 is 5.97 Å². The maximum Gasteiger partial charge on any atom is 0.307 e. The van der Waals surface area contributed by atoms with Gasteiger partial charge >= 0.3 is 5.97 Å². The molecule has 1 aromatic carbocycles. The number of hydrogen-bond donors (Lipinski definition) is 1. The first-order valence-corrected chi connectivity index (χ1v) is 6.42. The highest BCUT2D eigenvalue weighted by Crippen LogP contribution is 2.65. The summed E-state index contributed by atoms with van der Waals surface area (Å²) in [6.45, 7) is 4.00. The first-order chi connectivity index (χ1) is 8.01. The van der Waals surface area contributed by atoms with Crippen LogP contribution in [0.25, 0.3) is 10.2 Å². The summed E-state index contributed by atoms with van der Waals surface area (Å²) in [5, 5.41) is 10.1. The summed E-state index contributed by atoms with van der Waals surface area (Å²) in [4.78, 5) is 15.7. The Morgan fingerprint density at radius 2 is 2.12 bits per heavy atom. The van der Waals surface area contributed by atoms with Gasteiger partial charge in [-0.3, -0.25) is 4.79 Å². The smallest absolute Gasteiger partial charge is 0.307 e. The van der Waals surface area contributed by atoms with Gasteiger partial charge in [-0.05, 0) is 17.5 Å².